The third-order valence-electron chi connectivity index (χ3n) is 3.11. The predicted octanol–water partition coefficient (Wildman–Crippen LogP) is 3.89. The lowest BCUT2D eigenvalue weighted by Crippen LogP contribution is -2.22. The van der Waals surface area contributed by atoms with Gasteiger partial charge >= 0.3 is 0 Å². The number of H-pyrrole nitrogens is 1. The van der Waals surface area contributed by atoms with Gasteiger partial charge in [-0.25, -0.2) is 0 Å². The lowest BCUT2D eigenvalue weighted by atomic mass is 9.97. The molecule has 2 aromatic rings. The summed E-state index contributed by atoms with van der Waals surface area (Å²) in [6.07, 6.45) is 3.13. The molecule has 2 N–H and O–H groups in total. The van der Waals surface area contributed by atoms with Crippen molar-refractivity contribution in [1.82, 2.24) is 10.3 Å². The van der Waals surface area contributed by atoms with E-state index in [1.807, 2.05) is 12.3 Å². The van der Waals surface area contributed by atoms with Crippen molar-refractivity contribution in [2.24, 2.45) is 5.92 Å². The fourth-order valence-corrected chi connectivity index (χ4v) is 2.20. The molecule has 0 aliphatic rings. The molecular weight excluding hydrogens is 220 g/mol. The Morgan fingerprint density at radius 1 is 1.06 bits per heavy atom. The van der Waals surface area contributed by atoms with Crippen LogP contribution in [0.4, 0.5) is 0 Å². The summed E-state index contributed by atoms with van der Waals surface area (Å²) >= 11 is 0. The van der Waals surface area contributed by atoms with Crippen LogP contribution in [0.5, 0.6) is 0 Å². The highest BCUT2D eigenvalue weighted by Crippen LogP contribution is 2.21. The number of aromatic nitrogens is 1. The largest absolute Gasteiger partial charge is 0.364 e. The van der Waals surface area contributed by atoms with Crippen LogP contribution in [-0.4, -0.2) is 4.98 Å². The van der Waals surface area contributed by atoms with E-state index in [4.69, 9.17) is 0 Å². The summed E-state index contributed by atoms with van der Waals surface area (Å²) in [6.45, 7) is 5.43. The maximum absolute atomic E-state index is 3.64. The van der Waals surface area contributed by atoms with E-state index in [0.717, 1.165) is 13.0 Å². The molecule has 0 radical (unpaired) electrons. The molecule has 2 rings (SSSR count). The highest BCUT2D eigenvalue weighted by atomic mass is 14.9. The lowest BCUT2D eigenvalue weighted by Gasteiger charge is -2.21. The highest BCUT2D eigenvalue weighted by molar-refractivity contribution is 5.19. The highest BCUT2D eigenvalue weighted by Gasteiger charge is 2.12. The summed E-state index contributed by atoms with van der Waals surface area (Å²) in [4.78, 5) is 3.23. The fraction of sp³-hybridized carbons (Fsp3) is 0.375. The number of rotatable bonds is 6. The van der Waals surface area contributed by atoms with Gasteiger partial charge in [-0.05, 0) is 30.0 Å². The van der Waals surface area contributed by atoms with E-state index in [1.165, 1.54) is 11.3 Å². The molecule has 0 aliphatic heterocycles. The molecule has 0 saturated carbocycles. The Hall–Kier alpha value is -1.54. The zero-order valence-electron chi connectivity index (χ0n) is 11.2. The average Bonchev–Trinajstić information content (AvgIpc) is 2.88. The Morgan fingerprint density at radius 2 is 1.83 bits per heavy atom. The maximum atomic E-state index is 3.64. The summed E-state index contributed by atoms with van der Waals surface area (Å²) in [5, 5.41) is 3.64. The van der Waals surface area contributed by atoms with Gasteiger partial charge in [0.2, 0.25) is 0 Å². The summed E-state index contributed by atoms with van der Waals surface area (Å²) < 4.78 is 0. The number of hydrogen-bond acceptors (Lipinski definition) is 1. The van der Waals surface area contributed by atoms with Crippen molar-refractivity contribution in [2.45, 2.75) is 32.9 Å². The van der Waals surface area contributed by atoms with E-state index >= 15 is 0 Å². The van der Waals surface area contributed by atoms with E-state index in [9.17, 15) is 0 Å². The molecule has 1 heterocycles. The van der Waals surface area contributed by atoms with Crippen LogP contribution in [0.3, 0.4) is 0 Å². The predicted molar refractivity (Wildman–Crippen MR) is 76.3 cm³/mol. The van der Waals surface area contributed by atoms with Gasteiger partial charge in [0.05, 0.1) is 0 Å². The molecule has 0 amide bonds. The van der Waals surface area contributed by atoms with Gasteiger partial charge in [0.25, 0.3) is 0 Å². The Balaban J connectivity index is 2.01. The lowest BCUT2D eigenvalue weighted by molar-refractivity contribution is 0.427. The van der Waals surface area contributed by atoms with Gasteiger partial charge < -0.3 is 10.3 Å². The van der Waals surface area contributed by atoms with Crippen LogP contribution in [0.25, 0.3) is 0 Å². The van der Waals surface area contributed by atoms with Crippen molar-refractivity contribution in [3.05, 3.63) is 59.9 Å². The first kappa shape index (κ1) is 12.9. The van der Waals surface area contributed by atoms with E-state index in [0.29, 0.717) is 12.0 Å². The van der Waals surface area contributed by atoms with Crippen molar-refractivity contribution in [1.29, 1.82) is 0 Å². The summed E-state index contributed by atoms with van der Waals surface area (Å²) in [6, 6.07) is 15.3. The number of benzene rings is 1. The second kappa shape index (κ2) is 6.41. The van der Waals surface area contributed by atoms with Crippen LogP contribution in [0.2, 0.25) is 0 Å². The van der Waals surface area contributed by atoms with Crippen molar-refractivity contribution >= 4 is 0 Å². The standard InChI is InChI=1S/C16H22N2/c1-13(2)11-16(14-7-4-3-5-8-14)18-12-15-9-6-10-17-15/h3-10,13,16-18H,11-12H2,1-2H3. The van der Waals surface area contributed by atoms with Crippen LogP contribution in [0.15, 0.2) is 48.7 Å². The van der Waals surface area contributed by atoms with Gasteiger partial charge in [0, 0.05) is 24.5 Å². The molecule has 2 nitrogen and oxygen atoms in total. The Labute approximate surface area is 109 Å². The van der Waals surface area contributed by atoms with Crippen molar-refractivity contribution in [3.8, 4) is 0 Å². The Kier molecular flexibility index (Phi) is 4.59. The molecule has 0 bridgehead atoms. The van der Waals surface area contributed by atoms with Crippen LogP contribution >= 0.6 is 0 Å². The van der Waals surface area contributed by atoms with Gasteiger partial charge in [-0.2, -0.15) is 0 Å². The first-order valence-corrected chi connectivity index (χ1v) is 6.66. The smallest absolute Gasteiger partial charge is 0.0362 e. The molecule has 0 fully saturated rings. The van der Waals surface area contributed by atoms with Gasteiger partial charge in [0.1, 0.15) is 0 Å². The van der Waals surface area contributed by atoms with Gasteiger partial charge in [-0.1, -0.05) is 44.2 Å². The van der Waals surface area contributed by atoms with Crippen LogP contribution in [0.1, 0.15) is 37.6 Å². The van der Waals surface area contributed by atoms with Crippen molar-refractivity contribution < 1.29 is 0 Å². The van der Waals surface area contributed by atoms with Gasteiger partial charge in [0.15, 0.2) is 0 Å². The minimum Gasteiger partial charge on any atom is -0.364 e. The first-order chi connectivity index (χ1) is 8.75. The molecule has 18 heavy (non-hydrogen) atoms. The van der Waals surface area contributed by atoms with Gasteiger partial charge in [-0.15, -0.1) is 0 Å². The maximum Gasteiger partial charge on any atom is 0.0362 e. The zero-order chi connectivity index (χ0) is 12.8. The third kappa shape index (κ3) is 3.74. The molecular formula is C16H22N2. The quantitative estimate of drug-likeness (QED) is 0.790. The van der Waals surface area contributed by atoms with Crippen molar-refractivity contribution in [3.63, 3.8) is 0 Å². The topological polar surface area (TPSA) is 27.8 Å². The zero-order valence-corrected chi connectivity index (χ0v) is 11.2. The third-order valence-corrected chi connectivity index (χ3v) is 3.11. The van der Waals surface area contributed by atoms with Crippen LogP contribution in [-0.2, 0) is 6.54 Å². The molecule has 1 aromatic heterocycles. The van der Waals surface area contributed by atoms with Crippen molar-refractivity contribution in [2.75, 3.05) is 0 Å². The molecule has 1 atom stereocenters. The second-order valence-corrected chi connectivity index (χ2v) is 5.17. The summed E-state index contributed by atoms with van der Waals surface area (Å²) in [7, 11) is 0. The molecule has 0 aliphatic carbocycles. The molecule has 1 aromatic carbocycles. The minimum absolute atomic E-state index is 0.425. The summed E-state index contributed by atoms with van der Waals surface area (Å²) in [5.41, 5.74) is 2.61. The molecule has 0 saturated heterocycles. The SMILES string of the molecule is CC(C)CC(NCc1ccc[nH]1)c1ccccc1. The normalized spacial score (nSPS) is 12.8. The summed E-state index contributed by atoms with van der Waals surface area (Å²) in [5.74, 6) is 0.686. The average molecular weight is 242 g/mol. The van der Waals surface area contributed by atoms with Crippen LogP contribution in [0, 0.1) is 5.92 Å². The van der Waals surface area contributed by atoms with Gasteiger partial charge in [-0.3, -0.25) is 0 Å². The van der Waals surface area contributed by atoms with E-state index in [1.54, 1.807) is 0 Å². The number of nitrogens with one attached hydrogen (secondary N) is 2. The fourth-order valence-electron chi connectivity index (χ4n) is 2.20. The number of aromatic amines is 1. The number of hydrogen-bond donors (Lipinski definition) is 2. The van der Waals surface area contributed by atoms with E-state index in [-0.39, 0.29) is 0 Å². The molecule has 96 valence electrons. The molecule has 0 spiro atoms. The Bertz CT molecular complexity index is 431. The second-order valence-electron chi connectivity index (χ2n) is 5.17. The molecule has 2 heteroatoms. The first-order valence-electron chi connectivity index (χ1n) is 6.66. The van der Waals surface area contributed by atoms with E-state index < -0.39 is 0 Å². The molecule has 1 unspecified atom stereocenters. The Morgan fingerprint density at radius 3 is 2.44 bits per heavy atom. The monoisotopic (exact) mass is 242 g/mol. The minimum atomic E-state index is 0.425. The van der Waals surface area contributed by atoms with E-state index in [2.05, 4.69) is 60.5 Å². The van der Waals surface area contributed by atoms with Crippen LogP contribution < -0.4 is 5.32 Å².